The van der Waals surface area contributed by atoms with Gasteiger partial charge in [0.05, 0.1) is 7.14 Å². The Bertz CT molecular complexity index is 651. The van der Waals surface area contributed by atoms with Gasteiger partial charge in [-0.25, -0.2) is 9.59 Å². The SMILES string of the molecule is CC(C)C(OC(=O)/C=C/c1cc(I)c(O)c(I)c1)C(F)(F)C(=O)O. The van der Waals surface area contributed by atoms with Crippen LogP contribution in [0.4, 0.5) is 8.78 Å². The lowest BCUT2D eigenvalue weighted by Gasteiger charge is -2.25. The molecule has 0 aromatic heterocycles. The van der Waals surface area contributed by atoms with Crippen LogP contribution in [0.3, 0.4) is 0 Å². The summed E-state index contributed by atoms with van der Waals surface area (Å²) in [6.45, 7) is 2.67. The van der Waals surface area contributed by atoms with Crippen LogP contribution in [-0.2, 0) is 14.3 Å². The molecule has 2 N–H and O–H groups in total. The van der Waals surface area contributed by atoms with Gasteiger partial charge in [0, 0.05) is 6.08 Å². The van der Waals surface area contributed by atoms with Crippen LogP contribution in [0.5, 0.6) is 5.75 Å². The number of benzene rings is 1. The van der Waals surface area contributed by atoms with Crippen molar-refractivity contribution < 1.29 is 33.3 Å². The number of aromatic hydroxyl groups is 1. The molecule has 1 aromatic rings. The number of esters is 1. The van der Waals surface area contributed by atoms with Gasteiger partial charge in [-0.1, -0.05) is 13.8 Å². The van der Waals surface area contributed by atoms with Crippen LogP contribution in [0, 0.1) is 13.1 Å². The van der Waals surface area contributed by atoms with E-state index in [0.29, 0.717) is 12.7 Å². The summed E-state index contributed by atoms with van der Waals surface area (Å²) >= 11 is 3.82. The summed E-state index contributed by atoms with van der Waals surface area (Å²) in [5.41, 5.74) is 0.560. The van der Waals surface area contributed by atoms with E-state index in [9.17, 15) is 23.5 Å². The topological polar surface area (TPSA) is 83.8 Å². The number of halogens is 4. The molecule has 5 nitrogen and oxygen atoms in total. The number of hydrogen-bond donors (Lipinski definition) is 2. The molecule has 0 bridgehead atoms. The van der Waals surface area contributed by atoms with E-state index in [4.69, 9.17) is 5.11 Å². The highest BCUT2D eigenvalue weighted by Gasteiger charge is 2.51. The summed E-state index contributed by atoms with van der Waals surface area (Å²) < 4.78 is 33.0. The van der Waals surface area contributed by atoms with Gasteiger partial charge in [-0.2, -0.15) is 8.78 Å². The smallest absolute Gasteiger partial charge is 0.378 e. The number of carbonyl (C=O) groups is 2. The maximum Gasteiger partial charge on any atom is 0.378 e. The number of ether oxygens (including phenoxy) is 1. The quantitative estimate of drug-likeness (QED) is 0.310. The average molecular weight is 566 g/mol. The van der Waals surface area contributed by atoms with Crippen molar-refractivity contribution in [1.29, 1.82) is 0 Å². The molecular weight excluding hydrogens is 552 g/mol. The molecule has 0 aliphatic carbocycles. The van der Waals surface area contributed by atoms with Crippen molar-refractivity contribution in [2.45, 2.75) is 25.9 Å². The van der Waals surface area contributed by atoms with Crippen LogP contribution in [0.15, 0.2) is 18.2 Å². The minimum atomic E-state index is -4.18. The molecule has 24 heavy (non-hydrogen) atoms. The van der Waals surface area contributed by atoms with Crippen LogP contribution in [0.25, 0.3) is 6.08 Å². The lowest BCUT2D eigenvalue weighted by molar-refractivity contribution is -0.196. The molecule has 132 valence electrons. The van der Waals surface area contributed by atoms with E-state index in [2.05, 4.69) is 4.74 Å². The number of carboxylic acids is 1. The lowest BCUT2D eigenvalue weighted by Crippen LogP contribution is -2.46. The van der Waals surface area contributed by atoms with E-state index in [1.165, 1.54) is 19.9 Å². The summed E-state index contributed by atoms with van der Waals surface area (Å²) in [7, 11) is 0. The zero-order valence-corrected chi connectivity index (χ0v) is 16.9. The van der Waals surface area contributed by atoms with Gasteiger partial charge in [-0.3, -0.25) is 0 Å². The van der Waals surface area contributed by atoms with Gasteiger partial charge in [-0.15, -0.1) is 0 Å². The first-order valence-corrected chi connectivity index (χ1v) is 8.80. The molecule has 0 saturated heterocycles. The van der Waals surface area contributed by atoms with Crippen LogP contribution in [0.1, 0.15) is 19.4 Å². The van der Waals surface area contributed by atoms with E-state index < -0.39 is 29.9 Å². The van der Waals surface area contributed by atoms with Gasteiger partial charge in [0.25, 0.3) is 0 Å². The number of carbonyl (C=O) groups excluding carboxylic acids is 1. The minimum Gasteiger partial charge on any atom is -0.506 e. The van der Waals surface area contributed by atoms with Crippen molar-refractivity contribution in [2.24, 2.45) is 5.92 Å². The molecular formula is C15H14F2I2O5. The highest BCUT2D eigenvalue weighted by atomic mass is 127. The van der Waals surface area contributed by atoms with Crippen LogP contribution in [0.2, 0.25) is 0 Å². The summed E-state index contributed by atoms with van der Waals surface area (Å²) in [6, 6.07) is 3.18. The fourth-order valence-corrected chi connectivity index (χ4v) is 3.58. The predicted octanol–water partition coefficient (Wildman–Crippen LogP) is 3.90. The fourth-order valence-electron chi connectivity index (χ4n) is 1.76. The predicted molar refractivity (Wildman–Crippen MR) is 99.9 cm³/mol. The molecule has 1 unspecified atom stereocenters. The highest BCUT2D eigenvalue weighted by Crippen LogP contribution is 2.29. The Balaban J connectivity index is 2.93. The van der Waals surface area contributed by atoms with E-state index in [-0.39, 0.29) is 5.75 Å². The molecule has 0 aliphatic rings. The zero-order valence-electron chi connectivity index (χ0n) is 12.6. The molecule has 1 rings (SSSR count). The second-order valence-corrected chi connectivity index (χ2v) is 7.52. The summed E-state index contributed by atoms with van der Waals surface area (Å²) in [5.74, 6) is -8.38. The highest BCUT2D eigenvalue weighted by molar-refractivity contribution is 14.1. The van der Waals surface area contributed by atoms with Crippen LogP contribution >= 0.6 is 45.2 Å². The second kappa shape index (κ2) is 8.41. The third-order valence-electron chi connectivity index (χ3n) is 2.94. The summed E-state index contributed by atoms with van der Waals surface area (Å²) in [4.78, 5) is 22.4. The number of carboxylic acid groups (broad SMARTS) is 1. The summed E-state index contributed by atoms with van der Waals surface area (Å²) in [5, 5.41) is 18.2. The molecule has 0 spiro atoms. The first kappa shape index (κ1) is 21.1. The number of hydrogen-bond acceptors (Lipinski definition) is 4. The van der Waals surface area contributed by atoms with Gasteiger partial charge in [0.15, 0.2) is 6.10 Å². The van der Waals surface area contributed by atoms with Crippen molar-refractivity contribution in [3.63, 3.8) is 0 Å². The molecule has 9 heteroatoms. The zero-order chi connectivity index (χ0) is 18.7. The van der Waals surface area contributed by atoms with Gasteiger partial charge in [-0.05, 0) is 74.9 Å². The van der Waals surface area contributed by atoms with Gasteiger partial charge in [0.1, 0.15) is 5.75 Å². The largest absolute Gasteiger partial charge is 0.506 e. The van der Waals surface area contributed by atoms with E-state index in [1.807, 2.05) is 45.2 Å². The maximum absolute atomic E-state index is 13.6. The van der Waals surface area contributed by atoms with Crippen LogP contribution in [-0.4, -0.2) is 34.2 Å². The molecule has 0 saturated carbocycles. The van der Waals surface area contributed by atoms with Crippen molar-refractivity contribution in [3.05, 3.63) is 30.9 Å². The number of phenolic OH excluding ortho intramolecular Hbond substituents is 1. The maximum atomic E-state index is 13.6. The van der Waals surface area contributed by atoms with Crippen molar-refractivity contribution in [1.82, 2.24) is 0 Å². The van der Waals surface area contributed by atoms with E-state index >= 15 is 0 Å². The third kappa shape index (κ3) is 5.26. The Labute approximate surface area is 164 Å². The standard InChI is InChI=1S/C15H14F2I2O5/c1-7(2)13(15(16,17)14(22)23)24-11(20)4-3-8-5-9(18)12(21)10(19)6-8/h3-7,13,21H,1-2H3,(H,22,23)/b4-3+. The Morgan fingerprint density at radius 1 is 1.25 bits per heavy atom. The summed E-state index contributed by atoms with van der Waals surface area (Å²) in [6.07, 6.45) is 0.195. The average Bonchev–Trinajstić information content (AvgIpc) is 2.47. The van der Waals surface area contributed by atoms with Crippen molar-refractivity contribution >= 4 is 63.2 Å². The fraction of sp³-hybridized carbons (Fsp3) is 0.333. The molecule has 0 heterocycles. The van der Waals surface area contributed by atoms with Crippen molar-refractivity contribution in [2.75, 3.05) is 0 Å². The van der Waals surface area contributed by atoms with Gasteiger partial charge in [0.2, 0.25) is 0 Å². The first-order chi connectivity index (χ1) is 11.0. The number of phenols is 1. The second-order valence-electron chi connectivity index (χ2n) is 5.20. The van der Waals surface area contributed by atoms with Gasteiger partial charge >= 0.3 is 17.9 Å². The number of rotatable bonds is 6. The first-order valence-electron chi connectivity index (χ1n) is 6.64. The normalized spacial score (nSPS) is 13.3. The van der Waals surface area contributed by atoms with E-state index in [0.717, 1.165) is 6.08 Å². The molecule has 0 aliphatic heterocycles. The molecule has 0 fully saturated rings. The molecule has 1 aromatic carbocycles. The van der Waals surface area contributed by atoms with Crippen molar-refractivity contribution in [3.8, 4) is 5.75 Å². The molecule has 0 amide bonds. The number of alkyl halides is 2. The monoisotopic (exact) mass is 566 g/mol. The lowest BCUT2D eigenvalue weighted by atomic mass is 10.0. The Morgan fingerprint density at radius 3 is 2.17 bits per heavy atom. The Morgan fingerprint density at radius 2 is 1.75 bits per heavy atom. The van der Waals surface area contributed by atoms with Crippen LogP contribution < -0.4 is 0 Å². The molecule has 1 atom stereocenters. The minimum absolute atomic E-state index is 0.108. The Kier molecular flexibility index (Phi) is 7.38. The third-order valence-corrected chi connectivity index (χ3v) is 4.59. The molecule has 0 radical (unpaired) electrons. The van der Waals surface area contributed by atoms with E-state index in [1.54, 1.807) is 12.1 Å². The number of aliphatic carboxylic acids is 1. The Hall–Kier alpha value is -0.980. The van der Waals surface area contributed by atoms with Gasteiger partial charge < -0.3 is 14.9 Å².